The van der Waals surface area contributed by atoms with Gasteiger partial charge in [-0.1, -0.05) is 6.92 Å². The normalized spacial score (nSPS) is 12.8. The molecule has 0 bridgehead atoms. The molecule has 0 aliphatic carbocycles. The number of aromatic nitrogens is 4. The number of likely N-dealkylation sites (N-methyl/N-ethyl adjacent to an activating group) is 1. The number of hydrogen-bond donors (Lipinski definition) is 1. The third-order valence-corrected chi connectivity index (χ3v) is 4.42. The number of aryl methyl sites for hydroxylation is 3. The average Bonchev–Trinajstić information content (AvgIpc) is 2.96. The van der Waals surface area contributed by atoms with Gasteiger partial charge in [-0.15, -0.1) is 0 Å². The van der Waals surface area contributed by atoms with Gasteiger partial charge in [0.25, 0.3) is 0 Å². The van der Waals surface area contributed by atoms with Crippen LogP contribution in [0.1, 0.15) is 37.0 Å². The van der Waals surface area contributed by atoms with Gasteiger partial charge in [-0.3, -0.25) is 9.36 Å². The molecule has 0 amide bonds. The molecule has 5 nitrogen and oxygen atoms in total. The van der Waals surface area contributed by atoms with Crippen molar-refractivity contribution in [2.24, 2.45) is 7.05 Å². The molecule has 2 aromatic rings. The van der Waals surface area contributed by atoms with Crippen LogP contribution < -0.4 is 5.32 Å². The third kappa shape index (κ3) is 3.12. The molecule has 2 rings (SSSR count). The lowest BCUT2D eigenvalue weighted by molar-refractivity contribution is 0.500. The second kappa shape index (κ2) is 6.54. The number of rotatable bonds is 6. The number of nitrogens with one attached hydrogen (secondary N) is 1. The Kier molecular flexibility index (Phi) is 4.99. The second-order valence-corrected chi connectivity index (χ2v) is 5.68. The van der Waals surface area contributed by atoms with Crippen LogP contribution in [0.15, 0.2) is 16.7 Å². The monoisotopic (exact) mass is 339 g/mol. The molecule has 0 aromatic carbocycles. The van der Waals surface area contributed by atoms with Crippen LogP contribution in [0.3, 0.4) is 0 Å². The summed E-state index contributed by atoms with van der Waals surface area (Å²) < 4.78 is 5.02. The largest absolute Gasteiger partial charge is 0.309 e. The predicted octanol–water partition coefficient (Wildman–Crippen LogP) is 2.60. The maximum atomic E-state index is 4.56. The minimum absolute atomic E-state index is 0.207. The lowest BCUT2D eigenvalue weighted by Gasteiger charge is -2.16. The summed E-state index contributed by atoms with van der Waals surface area (Å²) in [5, 5.41) is 12.6. The van der Waals surface area contributed by atoms with Crippen molar-refractivity contribution in [3.63, 3.8) is 0 Å². The van der Waals surface area contributed by atoms with E-state index in [0.29, 0.717) is 0 Å². The summed E-state index contributed by atoms with van der Waals surface area (Å²) in [4.78, 5) is 0. The molecule has 0 saturated heterocycles. The Morgan fingerprint density at radius 3 is 2.65 bits per heavy atom. The molecule has 6 heteroatoms. The summed E-state index contributed by atoms with van der Waals surface area (Å²) >= 11 is 3.66. The van der Waals surface area contributed by atoms with Crippen LogP contribution in [-0.2, 0) is 20.0 Å². The highest BCUT2D eigenvalue weighted by Gasteiger charge is 2.20. The first-order chi connectivity index (χ1) is 9.56. The fourth-order valence-electron chi connectivity index (χ4n) is 2.40. The summed E-state index contributed by atoms with van der Waals surface area (Å²) in [6, 6.07) is 2.28. The molecule has 0 spiro atoms. The van der Waals surface area contributed by atoms with E-state index in [1.54, 1.807) is 0 Å². The maximum Gasteiger partial charge on any atom is 0.0797 e. The summed E-state index contributed by atoms with van der Waals surface area (Å²) in [5.41, 5.74) is 3.34. The molecule has 1 N–H and O–H groups in total. The molecule has 1 atom stereocenters. The highest BCUT2D eigenvalue weighted by atomic mass is 79.9. The van der Waals surface area contributed by atoms with Gasteiger partial charge in [0.05, 0.1) is 27.6 Å². The van der Waals surface area contributed by atoms with E-state index in [-0.39, 0.29) is 6.04 Å². The van der Waals surface area contributed by atoms with Crippen LogP contribution >= 0.6 is 15.9 Å². The first-order valence-corrected chi connectivity index (χ1v) is 7.80. The molecule has 0 fully saturated rings. The summed E-state index contributed by atoms with van der Waals surface area (Å²) in [6.07, 6.45) is 2.86. The van der Waals surface area contributed by atoms with Gasteiger partial charge < -0.3 is 5.32 Å². The first-order valence-electron chi connectivity index (χ1n) is 7.01. The van der Waals surface area contributed by atoms with Crippen LogP contribution in [0, 0.1) is 6.92 Å². The third-order valence-electron chi connectivity index (χ3n) is 3.39. The van der Waals surface area contributed by atoms with Crippen molar-refractivity contribution < 1.29 is 0 Å². The quantitative estimate of drug-likeness (QED) is 0.879. The molecular weight excluding hydrogens is 318 g/mol. The van der Waals surface area contributed by atoms with E-state index >= 15 is 0 Å². The molecule has 0 aliphatic heterocycles. The number of hydrogen-bond acceptors (Lipinski definition) is 3. The average molecular weight is 340 g/mol. The minimum Gasteiger partial charge on any atom is -0.309 e. The Morgan fingerprint density at radius 2 is 2.10 bits per heavy atom. The summed E-state index contributed by atoms with van der Waals surface area (Å²) in [5.74, 6) is 0. The van der Waals surface area contributed by atoms with Gasteiger partial charge in [0, 0.05) is 26.2 Å². The molecule has 0 saturated carbocycles. The van der Waals surface area contributed by atoms with E-state index < -0.39 is 0 Å². The van der Waals surface area contributed by atoms with E-state index in [1.807, 2.05) is 24.9 Å². The van der Waals surface area contributed by atoms with Gasteiger partial charge in [0.15, 0.2) is 0 Å². The minimum atomic E-state index is 0.207. The smallest absolute Gasteiger partial charge is 0.0797 e. The van der Waals surface area contributed by atoms with Crippen molar-refractivity contribution in [1.29, 1.82) is 0 Å². The second-order valence-electron chi connectivity index (χ2n) is 4.89. The molecule has 2 aromatic heterocycles. The van der Waals surface area contributed by atoms with Gasteiger partial charge in [-0.2, -0.15) is 10.2 Å². The Bertz CT molecular complexity index is 572. The van der Waals surface area contributed by atoms with Crippen LogP contribution in [0.4, 0.5) is 0 Å². The SMILES string of the molecule is CCNC(Cc1c(Br)c(C)nn1CC)c1ccn(C)n1. The van der Waals surface area contributed by atoms with Crippen molar-refractivity contribution in [3.05, 3.63) is 33.8 Å². The van der Waals surface area contributed by atoms with Crippen molar-refractivity contribution in [3.8, 4) is 0 Å². The van der Waals surface area contributed by atoms with E-state index in [4.69, 9.17) is 0 Å². The van der Waals surface area contributed by atoms with Gasteiger partial charge in [-0.05, 0) is 42.4 Å². The first kappa shape index (κ1) is 15.3. The van der Waals surface area contributed by atoms with Crippen molar-refractivity contribution >= 4 is 15.9 Å². The fourth-order valence-corrected chi connectivity index (χ4v) is 2.85. The molecule has 0 aliphatic rings. The van der Waals surface area contributed by atoms with E-state index in [9.17, 15) is 0 Å². The van der Waals surface area contributed by atoms with Crippen molar-refractivity contribution in [2.45, 2.75) is 39.8 Å². The van der Waals surface area contributed by atoms with Crippen LogP contribution in [-0.4, -0.2) is 26.1 Å². The Hall–Kier alpha value is -1.14. The van der Waals surface area contributed by atoms with E-state index in [0.717, 1.165) is 35.4 Å². The molecule has 0 radical (unpaired) electrons. The zero-order valence-electron chi connectivity index (χ0n) is 12.5. The molecule has 110 valence electrons. The van der Waals surface area contributed by atoms with Gasteiger partial charge in [0.2, 0.25) is 0 Å². The van der Waals surface area contributed by atoms with Gasteiger partial charge >= 0.3 is 0 Å². The van der Waals surface area contributed by atoms with E-state index in [2.05, 4.69) is 56.0 Å². The van der Waals surface area contributed by atoms with Gasteiger partial charge in [0.1, 0.15) is 0 Å². The highest BCUT2D eigenvalue weighted by molar-refractivity contribution is 9.10. The summed E-state index contributed by atoms with van der Waals surface area (Å²) in [6.45, 7) is 8.06. The topological polar surface area (TPSA) is 47.7 Å². The Labute approximate surface area is 128 Å². The molecule has 2 heterocycles. The maximum absolute atomic E-state index is 4.56. The van der Waals surface area contributed by atoms with Crippen molar-refractivity contribution in [1.82, 2.24) is 24.9 Å². The standard InChI is InChI=1S/C14H22BrN5/c1-5-16-12(11-7-8-19(4)18-11)9-13-14(15)10(3)17-20(13)6-2/h7-8,12,16H,5-6,9H2,1-4H3. The van der Waals surface area contributed by atoms with Crippen molar-refractivity contribution in [2.75, 3.05) is 6.54 Å². The van der Waals surface area contributed by atoms with Crippen LogP contribution in [0.2, 0.25) is 0 Å². The predicted molar refractivity (Wildman–Crippen MR) is 83.7 cm³/mol. The number of nitrogens with zero attached hydrogens (tertiary/aromatic N) is 4. The number of halogens is 1. The molecular formula is C14H22BrN5. The van der Waals surface area contributed by atoms with Crippen LogP contribution in [0.5, 0.6) is 0 Å². The van der Waals surface area contributed by atoms with E-state index in [1.165, 1.54) is 5.69 Å². The Morgan fingerprint density at radius 1 is 1.35 bits per heavy atom. The molecule has 1 unspecified atom stereocenters. The van der Waals surface area contributed by atoms with Gasteiger partial charge in [-0.25, -0.2) is 0 Å². The van der Waals surface area contributed by atoms with Crippen LogP contribution in [0.25, 0.3) is 0 Å². The molecule has 20 heavy (non-hydrogen) atoms. The highest BCUT2D eigenvalue weighted by Crippen LogP contribution is 2.26. The fraction of sp³-hybridized carbons (Fsp3) is 0.571. The lowest BCUT2D eigenvalue weighted by atomic mass is 10.1. The zero-order chi connectivity index (χ0) is 14.7. The zero-order valence-corrected chi connectivity index (χ0v) is 14.1. The lowest BCUT2D eigenvalue weighted by Crippen LogP contribution is -2.25. The summed E-state index contributed by atoms with van der Waals surface area (Å²) in [7, 11) is 1.95. The Balaban J connectivity index is 2.28.